The molecule has 1 saturated carbocycles. The van der Waals surface area contributed by atoms with Gasteiger partial charge in [0.25, 0.3) is 5.91 Å². The molecule has 2 atom stereocenters. The predicted octanol–water partition coefficient (Wildman–Crippen LogP) is 2.11. The number of fused-ring (bicyclic) bond motifs is 2. The van der Waals surface area contributed by atoms with Crippen molar-refractivity contribution in [2.24, 2.45) is 5.92 Å². The normalized spacial score (nSPS) is 27.1. The molecule has 2 fully saturated rings. The van der Waals surface area contributed by atoms with Gasteiger partial charge in [0.2, 0.25) is 0 Å². The SMILES string of the molecule is O=C(NCC12CCC1CCN2)c1ccc2cccnc2c1. The van der Waals surface area contributed by atoms with Gasteiger partial charge in [-0.05, 0) is 49.9 Å². The van der Waals surface area contributed by atoms with Crippen LogP contribution in [-0.4, -0.2) is 29.5 Å². The molecule has 108 valence electrons. The molecule has 1 aliphatic carbocycles. The second kappa shape index (κ2) is 4.81. The van der Waals surface area contributed by atoms with E-state index in [4.69, 9.17) is 0 Å². The summed E-state index contributed by atoms with van der Waals surface area (Å²) in [5.74, 6) is 0.743. The van der Waals surface area contributed by atoms with E-state index in [0.29, 0.717) is 5.56 Å². The van der Waals surface area contributed by atoms with E-state index in [2.05, 4.69) is 15.6 Å². The molecule has 1 saturated heterocycles. The first-order valence-corrected chi connectivity index (χ1v) is 7.65. The molecule has 2 aromatic rings. The van der Waals surface area contributed by atoms with Gasteiger partial charge in [0.1, 0.15) is 0 Å². The second-order valence-corrected chi connectivity index (χ2v) is 6.20. The zero-order chi connectivity index (χ0) is 14.3. The standard InChI is InChI=1S/C17H19N3O/c21-16(19-11-17-7-5-14(17)6-9-20-17)13-4-3-12-2-1-8-18-15(12)10-13/h1-4,8,10,14,20H,5-7,9,11H2,(H,19,21). The van der Waals surface area contributed by atoms with E-state index in [1.54, 1.807) is 6.20 Å². The summed E-state index contributed by atoms with van der Waals surface area (Å²) in [6.45, 7) is 1.82. The van der Waals surface area contributed by atoms with Gasteiger partial charge in [0, 0.05) is 29.2 Å². The smallest absolute Gasteiger partial charge is 0.251 e. The summed E-state index contributed by atoms with van der Waals surface area (Å²) >= 11 is 0. The lowest BCUT2D eigenvalue weighted by molar-refractivity contribution is 0.0878. The van der Waals surface area contributed by atoms with Crippen LogP contribution in [0.1, 0.15) is 29.6 Å². The zero-order valence-electron chi connectivity index (χ0n) is 11.9. The Morgan fingerprint density at radius 2 is 2.33 bits per heavy atom. The first-order valence-electron chi connectivity index (χ1n) is 7.65. The minimum absolute atomic E-state index is 0.00345. The highest BCUT2D eigenvalue weighted by atomic mass is 16.1. The predicted molar refractivity (Wildman–Crippen MR) is 82.2 cm³/mol. The van der Waals surface area contributed by atoms with Crippen LogP contribution in [0.5, 0.6) is 0 Å². The lowest BCUT2D eigenvalue weighted by Crippen LogP contribution is -2.59. The van der Waals surface area contributed by atoms with Gasteiger partial charge in [0.05, 0.1) is 5.52 Å². The van der Waals surface area contributed by atoms with E-state index >= 15 is 0 Å². The zero-order valence-corrected chi connectivity index (χ0v) is 11.9. The minimum atomic E-state index is -0.00345. The van der Waals surface area contributed by atoms with Crippen molar-refractivity contribution in [3.05, 3.63) is 42.1 Å². The lowest BCUT2D eigenvalue weighted by Gasteiger charge is -2.45. The van der Waals surface area contributed by atoms with Crippen LogP contribution < -0.4 is 10.6 Å². The van der Waals surface area contributed by atoms with Crippen molar-refractivity contribution < 1.29 is 4.79 Å². The van der Waals surface area contributed by atoms with Crippen LogP contribution in [0.25, 0.3) is 10.9 Å². The summed E-state index contributed by atoms with van der Waals surface area (Å²) in [5, 5.41) is 7.74. The Bertz CT molecular complexity index is 699. The molecule has 4 heteroatoms. The van der Waals surface area contributed by atoms with Gasteiger partial charge < -0.3 is 10.6 Å². The monoisotopic (exact) mass is 281 g/mol. The van der Waals surface area contributed by atoms with E-state index in [-0.39, 0.29) is 11.4 Å². The highest BCUT2D eigenvalue weighted by molar-refractivity contribution is 5.97. The molecule has 2 heterocycles. The van der Waals surface area contributed by atoms with Gasteiger partial charge in [0.15, 0.2) is 0 Å². The molecule has 1 aliphatic heterocycles. The largest absolute Gasteiger partial charge is 0.350 e. The Morgan fingerprint density at radius 3 is 3.14 bits per heavy atom. The second-order valence-electron chi connectivity index (χ2n) is 6.20. The van der Waals surface area contributed by atoms with Crippen molar-refractivity contribution in [3.8, 4) is 0 Å². The van der Waals surface area contributed by atoms with Gasteiger partial charge >= 0.3 is 0 Å². The van der Waals surface area contributed by atoms with Crippen molar-refractivity contribution in [2.75, 3.05) is 13.1 Å². The molecule has 0 bridgehead atoms. The summed E-state index contributed by atoms with van der Waals surface area (Å²) in [6, 6.07) is 9.60. The molecule has 2 aliphatic rings. The van der Waals surface area contributed by atoms with Crippen LogP contribution in [0, 0.1) is 5.92 Å². The summed E-state index contributed by atoms with van der Waals surface area (Å²) in [7, 11) is 0. The van der Waals surface area contributed by atoms with E-state index in [9.17, 15) is 4.79 Å². The molecule has 0 radical (unpaired) electrons. The maximum atomic E-state index is 12.4. The Kier molecular flexibility index (Phi) is 2.93. The van der Waals surface area contributed by atoms with Crippen molar-refractivity contribution in [3.63, 3.8) is 0 Å². The molecule has 0 spiro atoms. The number of amides is 1. The first-order chi connectivity index (χ1) is 10.3. The van der Waals surface area contributed by atoms with Crippen LogP contribution in [0.3, 0.4) is 0 Å². The molecule has 4 nitrogen and oxygen atoms in total. The molecular weight excluding hydrogens is 262 g/mol. The average molecular weight is 281 g/mol. The minimum Gasteiger partial charge on any atom is -0.350 e. The molecular formula is C17H19N3O. The molecule has 1 aromatic carbocycles. The van der Waals surface area contributed by atoms with Gasteiger partial charge in [-0.1, -0.05) is 12.1 Å². The number of carbonyl (C=O) groups excluding carboxylic acids is 1. The number of pyridine rings is 1. The van der Waals surface area contributed by atoms with Gasteiger partial charge in [-0.2, -0.15) is 0 Å². The maximum Gasteiger partial charge on any atom is 0.251 e. The van der Waals surface area contributed by atoms with E-state index in [1.165, 1.54) is 19.3 Å². The van der Waals surface area contributed by atoms with E-state index in [0.717, 1.165) is 29.9 Å². The average Bonchev–Trinajstić information content (AvgIpc) is 2.79. The number of nitrogens with one attached hydrogen (secondary N) is 2. The van der Waals surface area contributed by atoms with Crippen LogP contribution in [0.4, 0.5) is 0 Å². The number of hydrogen-bond donors (Lipinski definition) is 2. The molecule has 2 N–H and O–H groups in total. The quantitative estimate of drug-likeness (QED) is 0.906. The third-order valence-electron chi connectivity index (χ3n) is 5.12. The number of aromatic nitrogens is 1. The topological polar surface area (TPSA) is 54.0 Å². The highest BCUT2D eigenvalue weighted by Gasteiger charge is 2.49. The fraction of sp³-hybridized carbons (Fsp3) is 0.412. The lowest BCUT2D eigenvalue weighted by atomic mass is 9.68. The van der Waals surface area contributed by atoms with Crippen molar-refractivity contribution in [1.29, 1.82) is 0 Å². The van der Waals surface area contributed by atoms with Crippen LogP contribution in [-0.2, 0) is 0 Å². The summed E-state index contributed by atoms with van der Waals surface area (Å²) in [6.07, 6.45) is 5.47. The summed E-state index contributed by atoms with van der Waals surface area (Å²) < 4.78 is 0. The molecule has 2 unspecified atom stereocenters. The van der Waals surface area contributed by atoms with Crippen LogP contribution in [0.15, 0.2) is 36.5 Å². The number of rotatable bonds is 3. The summed E-state index contributed by atoms with van der Waals surface area (Å²) in [5.41, 5.74) is 1.72. The van der Waals surface area contributed by atoms with Gasteiger partial charge in [-0.15, -0.1) is 0 Å². The molecule has 1 amide bonds. The number of benzene rings is 1. The van der Waals surface area contributed by atoms with Crippen LogP contribution in [0.2, 0.25) is 0 Å². The summed E-state index contributed by atoms with van der Waals surface area (Å²) in [4.78, 5) is 16.7. The fourth-order valence-electron chi connectivity index (χ4n) is 3.69. The Labute approximate surface area is 124 Å². The molecule has 1 aromatic heterocycles. The van der Waals surface area contributed by atoms with Gasteiger partial charge in [-0.25, -0.2) is 0 Å². The first kappa shape index (κ1) is 12.8. The molecule has 4 rings (SSSR count). The number of hydrogen-bond acceptors (Lipinski definition) is 3. The van der Waals surface area contributed by atoms with E-state index < -0.39 is 0 Å². The number of carbonyl (C=O) groups is 1. The van der Waals surface area contributed by atoms with Crippen molar-refractivity contribution in [1.82, 2.24) is 15.6 Å². The van der Waals surface area contributed by atoms with Crippen LogP contribution >= 0.6 is 0 Å². The number of nitrogens with zero attached hydrogens (tertiary/aromatic N) is 1. The highest BCUT2D eigenvalue weighted by Crippen LogP contribution is 2.43. The Hall–Kier alpha value is -1.94. The van der Waals surface area contributed by atoms with Crippen molar-refractivity contribution >= 4 is 16.8 Å². The Morgan fingerprint density at radius 1 is 1.38 bits per heavy atom. The Balaban J connectivity index is 1.48. The fourth-order valence-corrected chi connectivity index (χ4v) is 3.69. The van der Waals surface area contributed by atoms with Gasteiger partial charge in [-0.3, -0.25) is 9.78 Å². The van der Waals surface area contributed by atoms with E-state index in [1.807, 2.05) is 30.3 Å². The third-order valence-corrected chi connectivity index (χ3v) is 5.12. The third kappa shape index (κ3) is 2.10. The molecule has 21 heavy (non-hydrogen) atoms. The van der Waals surface area contributed by atoms with Crippen molar-refractivity contribution in [2.45, 2.75) is 24.8 Å². The maximum absolute atomic E-state index is 12.4.